The van der Waals surface area contributed by atoms with E-state index in [1.165, 1.54) is 12.1 Å². The predicted molar refractivity (Wildman–Crippen MR) is 75.0 cm³/mol. The Morgan fingerprint density at radius 2 is 2.19 bits per heavy atom. The van der Waals surface area contributed by atoms with Crippen LogP contribution in [-0.4, -0.2) is 21.6 Å². The number of aromatic nitrogens is 3. The van der Waals surface area contributed by atoms with Gasteiger partial charge in [0, 0.05) is 0 Å². The van der Waals surface area contributed by atoms with E-state index in [2.05, 4.69) is 20.3 Å². The van der Waals surface area contributed by atoms with E-state index in [0.29, 0.717) is 6.61 Å². The second-order valence-electron chi connectivity index (χ2n) is 3.99. The van der Waals surface area contributed by atoms with Gasteiger partial charge in [-0.2, -0.15) is 20.2 Å². The van der Waals surface area contributed by atoms with E-state index in [9.17, 15) is 4.39 Å². The van der Waals surface area contributed by atoms with Crippen LogP contribution in [0, 0.1) is 17.1 Å². The Morgan fingerprint density at radius 3 is 2.86 bits per heavy atom. The molecule has 0 amide bonds. The lowest BCUT2D eigenvalue weighted by Crippen LogP contribution is -2.05. The quantitative estimate of drug-likeness (QED) is 0.914. The SMILES string of the molecule is CCCOc1nc(Cl)nc(Nc2ccc(C#N)cc2F)n1. The van der Waals surface area contributed by atoms with Crippen LogP contribution in [0.1, 0.15) is 18.9 Å². The number of nitrogens with one attached hydrogen (secondary N) is 1. The highest BCUT2D eigenvalue weighted by Crippen LogP contribution is 2.20. The molecule has 108 valence electrons. The molecule has 1 N–H and O–H groups in total. The van der Waals surface area contributed by atoms with Gasteiger partial charge in [-0.15, -0.1) is 0 Å². The zero-order chi connectivity index (χ0) is 15.2. The molecule has 2 rings (SSSR count). The van der Waals surface area contributed by atoms with Gasteiger partial charge >= 0.3 is 6.01 Å². The number of anilines is 2. The second-order valence-corrected chi connectivity index (χ2v) is 4.33. The Balaban J connectivity index is 2.23. The van der Waals surface area contributed by atoms with Crippen molar-refractivity contribution < 1.29 is 9.13 Å². The van der Waals surface area contributed by atoms with Crippen molar-refractivity contribution in [3.8, 4) is 12.1 Å². The van der Waals surface area contributed by atoms with Gasteiger partial charge in [-0.3, -0.25) is 0 Å². The van der Waals surface area contributed by atoms with Crippen LogP contribution in [0.5, 0.6) is 6.01 Å². The van der Waals surface area contributed by atoms with Crippen molar-refractivity contribution in [3.05, 3.63) is 34.9 Å². The van der Waals surface area contributed by atoms with E-state index in [0.717, 1.165) is 12.5 Å². The van der Waals surface area contributed by atoms with Crippen molar-refractivity contribution in [2.45, 2.75) is 13.3 Å². The standard InChI is InChI=1S/C13H11ClFN5O/c1-2-5-21-13-19-11(14)18-12(20-13)17-10-4-3-8(7-16)6-9(10)15/h3-4,6H,2,5H2,1H3,(H,17,18,19,20). The number of hydrogen-bond acceptors (Lipinski definition) is 6. The summed E-state index contributed by atoms with van der Waals surface area (Å²) >= 11 is 5.76. The topological polar surface area (TPSA) is 83.7 Å². The maximum absolute atomic E-state index is 13.8. The van der Waals surface area contributed by atoms with Gasteiger partial charge in [0.2, 0.25) is 11.2 Å². The molecule has 1 aromatic carbocycles. The van der Waals surface area contributed by atoms with Crippen molar-refractivity contribution in [1.82, 2.24) is 15.0 Å². The number of hydrogen-bond donors (Lipinski definition) is 1. The van der Waals surface area contributed by atoms with Crippen LogP contribution in [0.15, 0.2) is 18.2 Å². The lowest BCUT2D eigenvalue weighted by atomic mass is 10.2. The molecule has 8 heteroatoms. The molecule has 0 aliphatic carbocycles. The van der Waals surface area contributed by atoms with Gasteiger partial charge in [0.05, 0.1) is 23.9 Å². The van der Waals surface area contributed by atoms with Gasteiger partial charge in [0.15, 0.2) is 0 Å². The summed E-state index contributed by atoms with van der Waals surface area (Å²) in [6.45, 7) is 2.37. The zero-order valence-electron chi connectivity index (χ0n) is 11.1. The summed E-state index contributed by atoms with van der Waals surface area (Å²) < 4.78 is 19.0. The smallest absolute Gasteiger partial charge is 0.322 e. The number of rotatable bonds is 5. The summed E-state index contributed by atoms with van der Waals surface area (Å²) in [5.74, 6) is -0.536. The first-order valence-electron chi connectivity index (χ1n) is 6.13. The molecular weight excluding hydrogens is 297 g/mol. The molecule has 6 nitrogen and oxygen atoms in total. The molecule has 0 atom stereocenters. The fourth-order valence-corrected chi connectivity index (χ4v) is 1.60. The zero-order valence-corrected chi connectivity index (χ0v) is 11.9. The largest absolute Gasteiger partial charge is 0.463 e. The summed E-state index contributed by atoms with van der Waals surface area (Å²) in [7, 11) is 0. The lowest BCUT2D eigenvalue weighted by Gasteiger charge is -2.08. The van der Waals surface area contributed by atoms with Gasteiger partial charge in [-0.05, 0) is 36.2 Å². The van der Waals surface area contributed by atoms with Gasteiger partial charge in [0.1, 0.15) is 5.82 Å². The minimum absolute atomic E-state index is 0.0599. The molecule has 21 heavy (non-hydrogen) atoms. The van der Waals surface area contributed by atoms with E-state index in [-0.39, 0.29) is 28.5 Å². The molecule has 0 aliphatic rings. The van der Waals surface area contributed by atoms with Crippen LogP contribution in [0.4, 0.5) is 16.0 Å². The average molecular weight is 308 g/mol. The van der Waals surface area contributed by atoms with Crippen LogP contribution >= 0.6 is 11.6 Å². The van der Waals surface area contributed by atoms with Crippen LogP contribution < -0.4 is 10.1 Å². The Kier molecular flexibility index (Phi) is 4.85. The number of halogens is 2. The molecule has 0 saturated heterocycles. The van der Waals surface area contributed by atoms with Crippen molar-refractivity contribution in [3.63, 3.8) is 0 Å². The maximum atomic E-state index is 13.8. The number of nitrogens with zero attached hydrogens (tertiary/aromatic N) is 4. The van der Waals surface area contributed by atoms with E-state index < -0.39 is 5.82 Å². The Labute approximate surface area is 125 Å². The predicted octanol–water partition coefficient (Wildman–Crippen LogP) is 3.07. The molecule has 0 aliphatic heterocycles. The molecule has 0 spiro atoms. The highest BCUT2D eigenvalue weighted by Gasteiger charge is 2.09. The highest BCUT2D eigenvalue weighted by molar-refractivity contribution is 6.28. The van der Waals surface area contributed by atoms with E-state index >= 15 is 0 Å². The third-order valence-corrected chi connectivity index (χ3v) is 2.54. The monoisotopic (exact) mass is 307 g/mol. The maximum Gasteiger partial charge on any atom is 0.322 e. The van der Waals surface area contributed by atoms with E-state index in [4.69, 9.17) is 21.6 Å². The van der Waals surface area contributed by atoms with Crippen LogP contribution in [0.3, 0.4) is 0 Å². The fraction of sp³-hybridized carbons (Fsp3) is 0.231. The van der Waals surface area contributed by atoms with Crippen LogP contribution in [0.25, 0.3) is 0 Å². The molecule has 0 saturated carbocycles. The summed E-state index contributed by atoms with van der Waals surface area (Å²) in [5, 5.41) is 11.3. The normalized spacial score (nSPS) is 10.0. The first-order valence-corrected chi connectivity index (χ1v) is 6.51. The number of nitriles is 1. The van der Waals surface area contributed by atoms with E-state index in [1.807, 2.05) is 13.0 Å². The molecular formula is C13H11ClFN5O. The molecule has 1 aromatic heterocycles. The van der Waals surface area contributed by atoms with E-state index in [1.54, 1.807) is 0 Å². The minimum Gasteiger partial charge on any atom is -0.463 e. The molecule has 0 fully saturated rings. The first-order chi connectivity index (χ1) is 10.1. The number of benzene rings is 1. The van der Waals surface area contributed by atoms with Gasteiger partial charge < -0.3 is 10.1 Å². The first kappa shape index (κ1) is 14.9. The highest BCUT2D eigenvalue weighted by atomic mass is 35.5. The Hall–Kier alpha value is -2.46. The summed E-state index contributed by atoms with van der Waals surface area (Å²) in [6.07, 6.45) is 0.788. The van der Waals surface area contributed by atoms with Crippen molar-refractivity contribution in [1.29, 1.82) is 5.26 Å². The van der Waals surface area contributed by atoms with Crippen molar-refractivity contribution >= 4 is 23.2 Å². The summed E-state index contributed by atoms with van der Waals surface area (Å²) in [5.41, 5.74) is 0.344. The van der Waals surface area contributed by atoms with Crippen LogP contribution in [0.2, 0.25) is 5.28 Å². The van der Waals surface area contributed by atoms with Gasteiger partial charge in [-0.25, -0.2) is 4.39 Å². The van der Waals surface area contributed by atoms with Gasteiger partial charge in [-0.1, -0.05) is 6.92 Å². The molecule has 1 heterocycles. The summed E-state index contributed by atoms with van der Waals surface area (Å²) in [6, 6.07) is 5.91. The lowest BCUT2D eigenvalue weighted by molar-refractivity contribution is 0.292. The molecule has 2 aromatic rings. The Morgan fingerprint density at radius 1 is 1.38 bits per heavy atom. The van der Waals surface area contributed by atoms with Crippen LogP contribution in [-0.2, 0) is 0 Å². The Bertz CT molecular complexity index is 689. The van der Waals surface area contributed by atoms with Crippen molar-refractivity contribution in [2.75, 3.05) is 11.9 Å². The molecule has 0 radical (unpaired) electrons. The third kappa shape index (κ3) is 4.00. The number of ether oxygens (including phenoxy) is 1. The molecule has 0 unspecified atom stereocenters. The summed E-state index contributed by atoms with van der Waals surface area (Å²) in [4.78, 5) is 11.6. The van der Waals surface area contributed by atoms with Gasteiger partial charge in [0.25, 0.3) is 0 Å². The third-order valence-electron chi connectivity index (χ3n) is 2.37. The fourth-order valence-electron chi connectivity index (χ4n) is 1.45. The van der Waals surface area contributed by atoms with Crippen molar-refractivity contribution in [2.24, 2.45) is 0 Å². The second kappa shape index (κ2) is 6.81. The minimum atomic E-state index is -0.596. The average Bonchev–Trinajstić information content (AvgIpc) is 2.46. The molecule has 0 bridgehead atoms.